The number of hydrogen-bond donors (Lipinski definition) is 0. The molecule has 10 heavy (non-hydrogen) atoms. The molecule has 0 aliphatic carbocycles. The predicted octanol–water partition coefficient (Wildman–Crippen LogP) is -6.52. The molecule has 6 nitrogen and oxygen atoms in total. The molecule has 0 bridgehead atoms. The van der Waals surface area contributed by atoms with Crippen LogP contribution in [0.3, 0.4) is 0 Å². The van der Waals surface area contributed by atoms with Gasteiger partial charge in [-0.05, 0) is 0 Å². The summed E-state index contributed by atoms with van der Waals surface area (Å²) in [4.78, 5) is 34.1. The van der Waals surface area contributed by atoms with Crippen LogP contribution in [0.4, 0.5) is 0 Å². The summed E-state index contributed by atoms with van der Waals surface area (Å²) in [5.41, 5.74) is 0. The van der Waals surface area contributed by atoms with E-state index in [1.54, 1.807) is 0 Å². The van der Waals surface area contributed by atoms with Crippen LogP contribution < -0.4 is 19.2 Å². The maximum absolute atomic E-state index is 8.52. The van der Waals surface area contributed by atoms with Crippen molar-refractivity contribution >= 4 is 79.1 Å². The van der Waals surface area contributed by atoms with Crippen LogP contribution in [0, 0.1) is 0 Å². The SMILES string of the molecule is O=[Si]([O-])[O-].O=[Si]([O-])[O-].[Ca+2].[Mg+2]. The molecule has 0 amide bonds. The summed E-state index contributed by atoms with van der Waals surface area (Å²) in [7, 11) is -7.26. The molecule has 0 atom stereocenters. The zero-order valence-electron chi connectivity index (χ0n) is 4.86. The average Bonchev–Trinajstić information content (AvgIpc) is 1.25. The van der Waals surface area contributed by atoms with E-state index in [-0.39, 0.29) is 60.8 Å². The Kier molecular flexibility index (Phi) is 37.5. The first-order chi connectivity index (χ1) is 3.46. The molecule has 0 N–H and O–H groups in total. The second-order valence-corrected chi connectivity index (χ2v) is 1.50. The van der Waals surface area contributed by atoms with E-state index in [1.807, 2.05) is 0 Å². The van der Waals surface area contributed by atoms with Gasteiger partial charge in [-0.25, -0.2) is 0 Å². The van der Waals surface area contributed by atoms with E-state index in [0.717, 1.165) is 0 Å². The van der Waals surface area contributed by atoms with Gasteiger partial charge in [-0.2, -0.15) is 0 Å². The van der Waals surface area contributed by atoms with Gasteiger partial charge in [0.25, 0.3) is 0 Å². The first kappa shape index (κ1) is 22.5. The van der Waals surface area contributed by atoms with Crippen LogP contribution >= 0.6 is 0 Å². The summed E-state index contributed by atoms with van der Waals surface area (Å²) in [6.45, 7) is 0. The van der Waals surface area contributed by atoms with E-state index in [9.17, 15) is 0 Å². The molecule has 0 aromatic heterocycles. The van der Waals surface area contributed by atoms with Crippen molar-refractivity contribution in [1.29, 1.82) is 0 Å². The van der Waals surface area contributed by atoms with Crippen LogP contribution in [0.15, 0.2) is 0 Å². The Hall–Kier alpha value is 1.26. The van der Waals surface area contributed by atoms with E-state index in [0.29, 0.717) is 0 Å². The van der Waals surface area contributed by atoms with Crippen molar-refractivity contribution in [3.63, 3.8) is 0 Å². The smallest absolute Gasteiger partial charge is 0.672 e. The molecule has 0 saturated heterocycles. The summed E-state index contributed by atoms with van der Waals surface area (Å²) in [6, 6.07) is 0. The second kappa shape index (κ2) is 16.7. The third-order valence-electron chi connectivity index (χ3n) is 0. The predicted molar refractivity (Wildman–Crippen MR) is 24.4 cm³/mol. The minimum Gasteiger partial charge on any atom is -0.672 e. The van der Waals surface area contributed by atoms with Crippen molar-refractivity contribution in [2.75, 3.05) is 0 Å². The first-order valence-corrected chi connectivity index (χ1v) is 3.67. The van der Waals surface area contributed by atoms with E-state index in [2.05, 4.69) is 0 Å². The molecule has 0 aromatic rings. The van der Waals surface area contributed by atoms with Crippen LogP contribution in [0.5, 0.6) is 0 Å². The van der Waals surface area contributed by atoms with Gasteiger partial charge in [0.15, 0.2) is 0 Å². The minimum atomic E-state index is -3.63. The Balaban J connectivity index is -0.0000000300. The van der Waals surface area contributed by atoms with Crippen LogP contribution in [0.1, 0.15) is 0 Å². The Morgan fingerprint density at radius 1 is 0.800 bits per heavy atom. The van der Waals surface area contributed by atoms with Crippen LogP contribution in [-0.2, 0) is 8.92 Å². The third-order valence-corrected chi connectivity index (χ3v) is 0. The third kappa shape index (κ3) is 398. The molecule has 0 aromatic carbocycles. The fraction of sp³-hybridized carbons (Fsp3) is 0. The largest absolute Gasteiger partial charge is 2.00 e. The number of hydrogen-bond acceptors (Lipinski definition) is 6. The molecule has 0 fully saturated rings. The molecule has 0 rings (SSSR count). The zero-order valence-corrected chi connectivity index (χ0v) is 10.5. The van der Waals surface area contributed by atoms with Gasteiger partial charge in [-0.1, -0.05) is 0 Å². The molecular formula is CaMgO6Si2. The van der Waals surface area contributed by atoms with Crippen molar-refractivity contribution in [2.24, 2.45) is 0 Å². The fourth-order valence-corrected chi connectivity index (χ4v) is 0. The van der Waals surface area contributed by atoms with Crippen LogP contribution in [0.25, 0.3) is 0 Å². The van der Waals surface area contributed by atoms with E-state index in [4.69, 9.17) is 28.1 Å². The van der Waals surface area contributed by atoms with Gasteiger partial charge in [0.1, 0.15) is 0 Å². The van der Waals surface area contributed by atoms with Crippen LogP contribution in [0.2, 0.25) is 0 Å². The van der Waals surface area contributed by atoms with Gasteiger partial charge in [0, 0.05) is 18.3 Å². The molecule has 0 radical (unpaired) electrons. The number of rotatable bonds is 0. The minimum absolute atomic E-state index is 0. The summed E-state index contributed by atoms with van der Waals surface area (Å²) < 4.78 is 17.0. The second-order valence-electron chi connectivity index (χ2n) is 0.500. The van der Waals surface area contributed by atoms with Crippen molar-refractivity contribution in [3.05, 3.63) is 0 Å². The van der Waals surface area contributed by atoms with Crippen molar-refractivity contribution in [3.8, 4) is 0 Å². The van der Waals surface area contributed by atoms with E-state index < -0.39 is 18.3 Å². The molecule has 0 aliphatic heterocycles. The summed E-state index contributed by atoms with van der Waals surface area (Å²) in [5.74, 6) is 0. The molecule has 0 heterocycles. The van der Waals surface area contributed by atoms with Crippen LogP contribution in [-0.4, -0.2) is 79.1 Å². The van der Waals surface area contributed by atoms with Gasteiger partial charge in [0.05, 0.1) is 0 Å². The average molecular weight is 217 g/mol. The van der Waals surface area contributed by atoms with Gasteiger partial charge >= 0.3 is 60.8 Å². The normalized spacial score (nSPS) is 4.80. The molecule has 0 saturated carbocycles. The Bertz CT molecular complexity index is 73.7. The molecule has 10 heteroatoms. The zero-order chi connectivity index (χ0) is 7.15. The van der Waals surface area contributed by atoms with Gasteiger partial charge in [-0.3, -0.25) is 0 Å². The van der Waals surface area contributed by atoms with Gasteiger partial charge in [-0.15, -0.1) is 0 Å². The first-order valence-electron chi connectivity index (χ1n) is 1.22. The molecule has 0 unspecified atom stereocenters. The van der Waals surface area contributed by atoms with E-state index >= 15 is 0 Å². The Labute approximate surface area is 106 Å². The maximum Gasteiger partial charge on any atom is 2.00 e. The topological polar surface area (TPSA) is 126 Å². The molecular weight excluding hydrogens is 217 g/mol. The van der Waals surface area contributed by atoms with Crippen molar-refractivity contribution < 1.29 is 28.1 Å². The summed E-state index contributed by atoms with van der Waals surface area (Å²) in [6.07, 6.45) is 0. The Morgan fingerprint density at radius 3 is 0.800 bits per heavy atom. The van der Waals surface area contributed by atoms with Gasteiger partial charge < -0.3 is 28.1 Å². The summed E-state index contributed by atoms with van der Waals surface area (Å²) in [5, 5.41) is 0. The van der Waals surface area contributed by atoms with Crippen molar-refractivity contribution in [2.45, 2.75) is 0 Å². The fourth-order valence-electron chi connectivity index (χ4n) is 0. The molecule has 0 aliphatic rings. The maximum atomic E-state index is 8.52. The molecule has 0 spiro atoms. The quantitative estimate of drug-likeness (QED) is 0.371. The Morgan fingerprint density at radius 2 is 0.800 bits per heavy atom. The monoisotopic (exact) mass is 216 g/mol. The summed E-state index contributed by atoms with van der Waals surface area (Å²) >= 11 is 0. The van der Waals surface area contributed by atoms with E-state index in [1.165, 1.54) is 0 Å². The molecule has 48 valence electrons. The van der Waals surface area contributed by atoms with Crippen molar-refractivity contribution in [1.82, 2.24) is 0 Å². The van der Waals surface area contributed by atoms with Gasteiger partial charge in [0.2, 0.25) is 0 Å². The standard InChI is InChI=1S/Ca.Mg.2O3Si/c;;2*1-4(2)3/q2*+2;2*-2.